The summed E-state index contributed by atoms with van der Waals surface area (Å²) in [5.74, 6) is 1.48. The number of alkyl halides is 1. The van der Waals surface area contributed by atoms with Crippen molar-refractivity contribution in [2.75, 3.05) is 0 Å². The molecule has 0 aliphatic rings. The summed E-state index contributed by atoms with van der Waals surface area (Å²) in [6, 6.07) is 0. The van der Waals surface area contributed by atoms with Crippen LogP contribution in [0, 0.1) is 0 Å². The average molecular weight is 188 g/mol. The monoisotopic (exact) mass is 187 g/mol. The number of hydrogen-bond acceptors (Lipinski definition) is 2. The normalized spacial score (nSPS) is 14.8. The molecule has 0 aromatic carbocycles. The first-order valence-corrected chi connectivity index (χ1v) is 4.45. The van der Waals surface area contributed by atoms with E-state index in [1.807, 2.05) is 6.92 Å². The molecule has 1 aromatic heterocycles. The van der Waals surface area contributed by atoms with Crippen LogP contribution in [0.4, 0.5) is 0 Å². The van der Waals surface area contributed by atoms with Crippen molar-refractivity contribution in [1.29, 1.82) is 0 Å². The number of hydrogen-bond donors (Lipinski definition) is 0. The zero-order valence-electron chi connectivity index (χ0n) is 7.89. The molecule has 3 heteroatoms. The van der Waals surface area contributed by atoms with Crippen LogP contribution >= 0.6 is 11.6 Å². The third-order valence-corrected chi connectivity index (χ3v) is 1.79. The highest BCUT2D eigenvalue weighted by Crippen LogP contribution is 2.26. The fourth-order valence-electron chi connectivity index (χ4n) is 0.818. The van der Waals surface area contributed by atoms with Gasteiger partial charge in [0.05, 0.1) is 6.20 Å². The molecule has 0 bridgehead atoms. The molecule has 0 fully saturated rings. The van der Waals surface area contributed by atoms with E-state index >= 15 is 0 Å². The molecule has 1 rings (SSSR count). The maximum atomic E-state index is 5.81. The second-order valence-corrected chi connectivity index (χ2v) is 4.58. The Bertz CT molecular complexity index is 260. The molecule has 68 valence electrons. The van der Waals surface area contributed by atoms with Crippen LogP contribution in [0.5, 0.6) is 0 Å². The Labute approximate surface area is 77.9 Å². The van der Waals surface area contributed by atoms with Gasteiger partial charge in [0.15, 0.2) is 0 Å². The first-order chi connectivity index (χ1) is 5.41. The largest absolute Gasteiger partial charge is 0.444 e. The predicted octanol–water partition coefficient (Wildman–Crippen LogP) is 3.27. The first kappa shape index (κ1) is 9.59. The van der Waals surface area contributed by atoms with E-state index in [2.05, 4.69) is 25.8 Å². The lowest BCUT2D eigenvalue weighted by Crippen LogP contribution is -2.09. The molecule has 0 saturated heterocycles. The number of oxazole rings is 1. The lowest BCUT2D eigenvalue weighted by Gasteiger charge is -2.13. The lowest BCUT2D eigenvalue weighted by atomic mass is 9.94. The van der Waals surface area contributed by atoms with Crippen LogP contribution in [-0.2, 0) is 5.41 Å². The van der Waals surface area contributed by atoms with Gasteiger partial charge in [-0.15, -0.1) is 11.6 Å². The Morgan fingerprint density at radius 2 is 2.08 bits per heavy atom. The van der Waals surface area contributed by atoms with Crippen LogP contribution in [0.3, 0.4) is 0 Å². The third kappa shape index (κ3) is 2.01. The molecular weight excluding hydrogens is 174 g/mol. The van der Waals surface area contributed by atoms with Crippen LogP contribution in [-0.4, -0.2) is 4.98 Å². The molecular formula is C9H14ClNO. The highest BCUT2D eigenvalue weighted by atomic mass is 35.5. The van der Waals surface area contributed by atoms with Gasteiger partial charge in [-0.3, -0.25) is 0 Å². The number of aromatic nitrogens is 1. The zero-order chi connectivity index (χ0) is 9.35. The van der Waals surface area contributed by atoms with E-state index in [4.69, 9.17) is 16.0 Å². The summed E-state index contributed by atoms with van der Waals surface area (Å²) in [7, 11) is 0. The quantitative estimate of drug-likeness (QED) is 0.631. The highest BCUT2D eigenvalue weighted by Gasteiger charge is 2.20. The van der Waals surface area contributed by atoms with Gasteiger partial charge in [-0.25, -0.2) is 4.98 Å². The minimum absolute atomic E-state index is 0.0109. The van der Waals surface area contributed by atoms with Crippen molar-refractivity contribution >= 4 is 11.6 Å². The van der Waals surface area contributed by atoms with E-state index in [0.29, 0.717) is 5.89 Å². The van der Waals surface area contributed by atoms with E-state index in [0.717, 1.165) is 5.76 Å². The van der Waals surface area contributed by atoms with Gasteiger partial charge in [-0.05, 0) is 6.92 Å². The Morgan fingerprint density at radius 1 is 1.50 bits per heavy atom. The molecule has 2 nitrogen and oxygen atoms in total. The Kier molecular flexibility index (Phi) is 2.47. The van der Waals surface area contributed by atoms with Crippen LogP contribution in [0.25, 0.3) is 0 Å². The molecule has 0 saturated carbocycles. The van der Waals surface area contributed by atoms with E-state index < -0.39 is 0 Å². The summed E-state index contributed by atoms with van der Waals surface area (Å²) in [5.41, 5.74) is 0.0109. The Balaban J connectivity index is 2.92. The number of nitrogens with zero attached hydrogens (tertiary/aromatic N) is 1. The minimum Gasteiger partial charge on any atom is -0.444 e. The maximum Gasteiger partial charge on any atom is 0.212 e. The number of halogens is 1. The summed E-state index contributed by atoms with van der Waals surface area (Å²) in [6.45, 7) is 8.09. The lowest BCUT2D eigenvalue weighted by molar-refractivity contribution is 0.382. The molecule has 1 atom stereocenters. The molecule has 1 aromatic rings. The molecule has 0 radical (unpaired) electrons. The van der Waals surface area contributed by atoms with Gasteiger partial charge in [0.1, 0.15) is 11.1 Å². The van der Waals surface area contributed by atoms with Crippen molar-refractivity contribution < 1.29 is 4.42 Å². The van der Waals surface area contributed by atoms with Crippen molar-refractivity contribution in [3.63, 3.8) is 0 Å². The van der Waals surface area contributed by atoms with E-state index in [1.54, 1.807) is 6.20 Å². The van der Waals surface area contributed by atoms with E-state index in [9.17, 15) is 0 Å². The van der Waals surface area contributed by atoms with Crippen molar-refractivity contribution in [3.05, 3.63) is 17.8 Å². The fourth-order valence-corrected chi connectivity index (χ4v) is 0.919. The van der Waals surface area contributed by atoms with Gasteiger partial charge in [-0.2, -0.15) is 0 Å². The van der Waals surface area contributed by atoms with Gasteiger partial charge in [0.25, 0.3) is 0 Å². The summed E-state index contributed by atoms with van der Waals surface area (Å²) in [4.78, 5) is 4.08. The topological polar surface area (TPSA) is 26.0 Å². The van der Waals surface area contributed by atoms with Gasteiger partial charge < -0.3 is 4.42 Å². The van der Waals surface area contributed by atoms with Gasteiger partial charge in [0.2, 0.25) is 5.89 Å². The predicted molar refractivity (Wildman–Crippen MR) is 49.5 cm³/mol. The van der Waals surface area contributed by atoms with Crippen LogP contribution in [0.1, 0.15) is 44.7 Å². The number of rotatable bonds is 1. The van der Waals surface area contributed by atoms with Gasteiger partial charge >= 0.3 is 0 Å². The Morgan fingerprint density at radius 3 is 2.33 bits per heavy atom. The van der Waals surface area contributed by atoms with Crippen LogP contribution in [0.2, 0.25) is 0 Å². The second-order valence-electron chi connectivity index (χ2n) is 3.93. The first-order valence-electron chi connectivity index (χ1n) is 4.01. The standard InChI is InChI=1S/C9H14ClNO/c1-6(10)8-11-5-7(12-8)9(2,3)4/h5-6H,1-4H3. The third-order valence-electron chi connectivity index (χ3n) is 1.60. The maximum absolute atomic E-state index is 5.81. The molecule has 1 heterocycles. The second kappa shape index (κ2) is 3.09. The van der Waals surface area contributed by atoms with Crippen LogP contribution < -0.4 is 0 Å². The van der Waals surface area contributed by atoms with E-state index in [-0.39, 0.29) is 10.8 Å². The molecule has 0 aliphatic heterocycles. The van der Waals surface area contributed by atoms with Crippen molar-refractivity contribution in [1.82, 2.24) is 4.98 Å². The molecule has 0 spiro atoms. The zero-order valence-corrected chi connectivity index (χ0v) is 8.64. The average Bonchev–Trinajstić information content (AvgIpc) is 2.30. The summed E-state index contributed by atoms with van der Waals surface area (Å²) in [6.07, 6.45) is 1.74. The molecule has 1 unspecified atom stereocenters. The molecule has 0 amide bonds. The highest BCUT2D eigenvalue weighted by molar-refractivity contribution is 6.20. The van der Waals surface area contributed by atoms with Crippen molar-refractivity contribution in [3.8, 4) is 0 Å². The van der Waals surface area contributed by atoms with Gasteiger partial charge in [-0.1, -0.05) is 20.8 Å². The molecule has 0 N–H and O–H groups in total. The summed E-state index contributed by atoms with van der Waals surface area (Å²) >= 11 is 5.81. The van der Waals surface area contributed by atoms with Crippen LogP contribution in [0.15, 0.2) is 10.6 Å². The van der Waals surface area contributed by atoms with E-state index in [1.165, 1.54) is 0 Å². The fraction of sp³-hybridized carbons (Fsp3) is 0.667. The van der Waals surface area contributed by atoms with Crippen molar-refractivity contribution in [2.24, 2.45) is 0 Å². The summed E-state index contributed by atoms with van der Waals surface area (Å²) in [5, 5.41) is -0.152. The smallest absolute Gasteiger partial charge is 0.212 e. The van der Waals surface area contributed by atoms with Crippen molar-refractivity contribution in [2.45, 2.75) is 38.5 Å². The Hall–Kier alpha value is -0.500. The minimum atomic E-state index is -0.152. The SMILES string of the molecule is CC(Cl)c1ncc(C(C)(C)C)o1. The summed E-state index contributed by atoms with van der Waals surface area (Å²) < 4.78 is 5.47. The van der Waals surface area contributed by atoms with Gasteiger partial charge in [0, 0.05) is 5.41 Å². The molecule has 12 heavy (non-hydrogen) atoms. The molecule has 0 aliphatic carbocycles.